The van der Waals surface area contributed by atoms with Gasteiger partial charge < -0.3 is 15.1 Å². The second-order valence-corrected chi connectivity index (χ2v) is 10.8. The quantitative estimate of drug-likeness (QED) is 0.477. The van der Waals surface area contributed by atoms with Crippen LogP contribution >= 0.6 is 23.2 Å². The van der Waals surface area contributed by atoms with Crippen molar-refractivity contribution in [3.63, 3.8) is 0 Å². The molecule has 2 aromatic rings. The fourth-order valence-electron chi connectivity index (χ4n) is 3.58. The molecule has 1 aliphatic heterocycles. The van der Waals surface area contributed by atoms with Gasteiger partial charge in [0.15, 0.2) is 0 Å². The summed E-state index contributed by atoms with van der Waals surface area (Å²) in [7, 11) is -1.46. The number of piperazine rings is 1. The molecule has 10 heteroatoms. The first kappa shape index (κ1) is 25.8. The third-order valence-corrected chi connectivity index (χ3v) is 7.77. The number of amides is 1. The van der Waals surface area contributed by atoms with Gasteiger partial charge >= 0.3 is 0 Å². The van der Waals surface area contributed by atoms with Crippen LogP contribution in [0.25, 0.3) is 0 Å². The van der Waals surface area contributed by atoms with Crippen molar-refractivity contribution in [1.29, 1.82) is 0 Å². The van der Waals surface area contributed by atoms with Crippen molar-refractivity contribution in [3.8, 4) is 0 Å². The predicted octanol–water partition coefficient (Wildman–Crippen LogP) is 3.35. The van der Waals surface area contributed by atoms with Crippen LogP contribution in [0.5, 0.6) is 0 Å². The van der Waals surface area contributed by atoms with Gasteiger partial charge in [-0.05, 0) is 62.3 Å². The van der Waals surface area contributed by atoms with Gasteiger partial charge in [-0.2, -0.15) is 0 Å². The molecule has 2 aromatic carbocycles. The van der Waals surface area contributed by atoms with Gasteiger partial charge in [-0.3, -0.25) is 9.52 Å². The Hall–Kier alpha value is -1.84. The van der Waals surface area contributed by atoms with Gasteiger partial charge in [0.05, 0.1) is 15.8 Å². The molecule has 1 saturated heterocycles. The Morgan fingerprint density at radius 1 is 1.03 bits per heavy atom. The Bertz CT molecular complexity index is 1040. The van der Waals surface area contributed by atoms with E-state index in [1.807, 2.05) is 0 Å². The summed E-state index contributed by atoms with van der Waals surface area (Å²) < 4.78 is 27.4. The van der Waals surface area contributed by atoms with Crippen molar-refractivity contribution in [1.82, 2.24) is 15.1 Å². The third-order valence-electron chi connectivity index (χ3n) is 5.62. The van der Waals surface area contributed by atoms with Crippen molar-refractivity contribution in [3.05, 3.63) is 63.6 Å². The number of rotatable bonds is 10. The Balaban J connectivity index is 1.43. The molecule has 0 atom stereocenters. The lowest BCUT2D eigenvalue weighted by atomic mass is 10.2. The summed E-state index contributed by atoms with van der Waals surface area (Å²) >= 11 is 12.1. The number of nitrogens with one attached hydrogen (secondary N) is 2. The number of anilines is 1. The maximum Gasteiger partial charge on any atom is 0.251 e. The lowest BCUT2D eigenvalue weighted by molar-refractivity contribution is 0.0949. The molecule has 2 N–H and O–H groups in total. The lowest BCUT2D eigenvalue weighted by Crippen LogP contribution is -2.45. The van der Waals surface area contributed by atoms with Crippen molar-refractivity contribution in [2.75, 3.05) is 56.8 Å². The molecule has 0 aliphatic carbocycles. The maximum absolute atomic E-state index is 12.4. The number of halogens is 2. The lowest BCUT2D eigenvalue weighted by Gasteiger charge is -2.32. The van der Waals surface area contributed by atoms with Crippen LogP contribution in [0.4, 0.5) is 5.69 Å². The summed E-state index contributed by atoms with van der Waals surface area (Å²) in [6, 6.07) is 11.5. The second kappa shape index (κ2) is 12.0. The average Bonchev–Trinajstić information content (AvgIpc) is 2.79. The highest BCUT2D eigenvalue weighted by Crippen LogP contribution is 2.26. The van der Waals surface area contributed by atoms with Gasteiger partial charge in [0.2, 0.25) is 10.0 Å². The van der Waals surface area contributed by atoms with E-state index in [0.717, 1.165) is 39.1 Å². The number of likely N-dealkylation sites (N-methyl/N-ethyl adjacent to an activating group) is 1. The van der Waals surface area contributed by atoms with Crippen LogP contribution in [0.1, 0.15) is 22.3 Å². The first-order chi connectivity index (χ1) is 15.7. The summed E-state index contributed by atoms with van der Waals surface area (Å²) in [6.45, 7) is 5.86. The highest BCUT2D eigenvalue weighted by molar-refractivity contribution is 7.92. The molecular formula is C23H30Cl2N4O3S. The van der Waals surface area contributed by atoms with E-state index in [0.29, 0.717) is 33.4 Å². The number of nitrogens with zero attached hydrogens (tertiary/aromatic N) is 2. The van der Waals surface area contributed by atoms with E-state index in [4.69, 9.17) is 23.2 Å². The molecule has 1 fully saturated rings. The number of sulfonamides is 1. The molecule has 1 amide bonds. The average molecular weight is 513 g/mol. The Labute approximate surface area is 206 Å². The van der Waals surface area contributed by atoms with Crippen LogP contribution in [-0.2, 0) is 16.4 Å². The summed E-state index contributed by atoms with van der Waals surface area (Å²) in [5, 5.41) is 3.69. The van der Waals surface area contributed by atoms with Crippen LogP contribution in [0, 0.1) is 0 Å². The molecule has 33 heavy (non-hydrogen) atoms. The summed E-state index contributed by atoms with van der Waals surface area (Å²) in [5.41, 5.74) is 1.57. The Kier molecular flexibility index (Phi) is 9.40. The molecule has 0 radical (unpaired) electrons. The molecule has 0 bridgehead atoms. The van der Waals surface area contributed by atoms with Crippen LogP contribution in [-0.4, -0.2) is 76.2 Å². The summed E-state index contributed by atoms with van der Waals surface area (Å²) in [5.74, 6) is -0.304. The second-order valence-electron chi connectivity index (χ2n) is 8.22. The standard InChI is InChI=1S/C23H30Cl2N4O3S/c1-28-13-15-29(16-14-28)12-3-11-26-23(30)19-6-8-20(9-7-19)27-33(31,32)17-10-18-4-2-5-21(24)22(18)25/h2,4-9,27H,3,10-17H2,1H3,(H,26,30). The van der Waals surface area contributed by atoms with Crippen LogP contribution in [0.3, 0.4) is 0 Å². The van der Waals surface area contributed by atoms with Gasteiger partial charge in [-0.1, -0.05) is 35.3 Å². The van der Waals surface area contributed by atoms with Crippen molar-refractivity contribution < 1.29 is 13.2 Å². The van der Waals surface area contributed by atoms with Crippen molar-refractivity contribution >= 4 is 44.8 Å². The molecule has 0 aromatic heterocycles. The van der Waals surface area contributed by atoms with Crippen LogP contribution in [0.15, 0.2) is 42.5 Å². The van der Waals surface area contributed by atoms with E-state index >= 15 is 0 Å². The third kappa shape index (κ3) is 8.15. The minimum atomic E-state index is -3.59. The summed E-state index contributed by atoms with van der Waals surface area (Å²) in [4.78, 5) is 17.1. The van der Waals surface area contributed by atoms with Crippen molar-refractivity contribution in [2.24, 2.45) is 0 Å². The molecule has 180 valence electrons. The first-order valence-corrected chi connectivity index (χ1v) is 13.4. The topological polar surface area (TPSA) is 81.8 Å². The molecule has 0 unspecified atom stereocenters. The SMILES string of the molecule is CN1CCN(CCCNC(=O)c2ccc(NS(=O)(=O)CCc3cccc(Cl)c3Cl)cc2)CC1. The Morgan fingerprint density at radius 3 is 2.42 bits per heavy atom. The smallest absolute Gasteiger partial charge is 0.251 e. The maximum atomic E-state index is 12.4. The molecule has 7 nitrogen and oxygen atoms in total. The monoisotopic (exact) mass is 512 g/mol. The van der Waals surface area contributed by atoms with E-state index in [1.54, 1.807) is 42.5 Å². The van der Waals surface area contributed by atoms with Gasteiger partial charge in [0, 0.05) is 44.0 Å². The van der Waals surface area contributed by atoms with E-state index in [1.165, 1.54) is 0 Å². The fourth-order valence-corrected chi connectivity index (χ4v) is 5.08. The molecule has 0 saturated carbocycles. The van der Waals surface area contributed by atoms with E-state index in [-0.39, 0.29) is 18.1 Å². The zero-order valence-corrected chi connectivity index (χ0v) is 21.0. The highest BCUT2D eigenvalue weighted by Gasteiger charge is 2.15. The normalized spacial score (nSPS) is 15.4. The van der Waals surface area contributed by atoms with Crippen LogP contribution in [0.2, 0.25) is 10.0 Å². The number of carbonyl (C=O) groups is 1. The Morgan fingerprint density at radius 2 is 1.73 bits per heavy atom. The number of benzene rings is 2. The zero-order chi connectivity index (χ0) is 23.8. The summed E-state index contributed by atoms with van der Waals surface area (Å²) in [6.07, 6.45) is 1.13. The molecule has 1 aliphatic rings. The van der Waals surface area contributed by atoms with Gasteiger partial charge in [-0.15, -0.1) is 0 Å². The predicted molar refractivity (Wildman–Crippen MR) is 135 cm³/mol. The first-order valence-electron chi connectivity index (χ1n) is 11.0. The van der Waals surface area contributed by atoms with Crippen LogP contribution < -0.4 is 10.0 Å². The molecular weight excluding hydrogens is 483 g/mol. The van der Waals surface area contributed by atoms with Gasteiger partial charge in [0.25, 0.3) is 5.91 Å². The molecule has 3 rings (SSSR count). The molecule has 0 spiro atoms. The van der Waals surface area contributed by atoms with Gasteiger partial charge in [0.1, 0.15) is 0 Å². The zero-order valence-electron chi connectivity index (χ0n) is 18.7. The minimum Gasteiger partial charge on any atom is -0.352 e. The van der Waals surface area contributed by atoms with E-state index < -0.39 is 10.0 Å². The number of hydrogen-bond donors (Lipinski definition) is 2. The molecule has 1 heterocycles. The van der Waals surface area contributed by atoms with E-state index in [9.17, 15) is 13.2 Å². The number of carbonyl (C=O) groups excluding carboxylic acids is 1. The number of hydrogen-bond acceptors (Lipinski definition) is 5. The van der Waals surface area contributed by atoms with E-state index in [2.05, 4.69) is 26.9 Å². The largest absolute Gasteiger partial charge is 0.352 e. The minimum absolute atomic E-state index is 0.136. The highest BCUT2D eigenvalue weighted by atomic mass is 35.5. The van der Waals surface area contributed by atoms with Crippen molar-refractivity contribution in [2.45, 2.75) is 12.8 Å². The fraction of sp³-hybridized carbons (Fsp3) is 0.435. The number of aryl methyl sites for hydroxylation is 1. The van der Waals surface area contributed by atoms with Gasteiger partial charge in [-0.25, -0.2) is 8.42 Å².